The van der Waals surface area contributed by atoms with E-state index in [-0.39, 0.29) is 17.0 Å². The number of thiazole rings is 1. The van der Waals surface area contributed by atoms with Crippen molar-refractivity contribution < 1.29 is 19.5 Å². The Labute approximate surface area is 236 Å². The zero-order valence-electron chi connectivity index (χ0n) is 20.2. The largest absolute Gasteiger partial charge is 0.478 e. The number of thiophene rings is 1. The molecular formula is C29H21N3O4S3. The van der Waals surface area contributed by atoms with Crippen LogP contribution in [0.3, 0.4) is 0 Å². The molecule has 0 saturated heterocycles. The molecule has 2 aromatic heterocycles. The van der Waals surface area contributed by atoms with Crippen LogP contribution in [0.15, 0.2) is 107 Å². The maximum Gasteiger partial charge on any atom is 0.336 e. The Hall–Kier alpha value is -4.25. The van der Waals surface area contributed by atoms with Gasteiger partial charge in [-0.1, -0.05) is 54.6 Å². The van der Waals surface area contributed by atoms with Crippen molar-refractivity contribution in [3.63, 3.8) is 0 Å². The lowest BCUT2D eigenvalue weighted by molar-refractivity contribution is -0.115. The first-order valence-electron chi connectivity index (χ1n) is 11.7. The molecule has 3 N–H and O–H groups in total. The molecule has 0 fully saturated rings. The van der Waals surface area contributed by atoms with Gasteiger partial charge in [-0.05, 0) is 47.3 Å². The minimum absolute atomic E-state index is 0.0648. The average molecular weight is 572 g/mol. The van der Waals surface area contributed by atoms with Crippen LogP contribution in [0.4, 0.5) is 10.8 Å². The molecule has 1 unspecified atom stereocenters. The molecule has 3 aromatic carbocycles. The van der Waals surface area contributed by atoms with E-state index in [0.717, 1.165) is 21.0 Å². The van der Waals surface area contributed by atoms with E-state index in [1.54, 1.807) is 41.7 Å². The van der Waals surface area contributed by atoms with Crippen molar-refractivity contribution in [3.05, 3.63) is 118 Å². The summed E-state index contributed by atoms with van der Waals surface area (Å²) in [4.78, 5) is 44.2. The number of carbonyl (C=O) groups is 3. The van der Waals surface area contributed by atoms with Crippen molar-refractivity contribution in [2.45, 2.75) is 10.1 Å². The highest BCUT2D eigenvalue weighted by molar-refractivity contribution is 8.00. The number of carbonyl (C=O) groups excluding carboxylic acids is 2. The van der Waals surface area contributed by atoms with Crippen LogP contribution in [0.5, 0.6) is 0 Å². The SMILES string of the molecule is O=C(O)c1ccccc1C(=O)Nc1cccc(SC(C(=O)Nc2nc(-c3cccs3)cs2)c2ccccc2)c1. The maximum atomic E-state index is 13.5. The number of hydrogen-bond acceptors (Lipinski definition) is 7. The minimum Gasteiger partial charge on any atom is -0.478 e. The third kappa shape index (κ3) is 6.43. The van der Waals surface area contributed by atoms with Crippen LogP contribution >= 0.6 is 34.4 Å². The second kappa shape index (κ2) is 12.1. The van der Waals surface area contributed by atoms with Gasteiger partial charge in [0, 0.05) is 16.0 Å². The van der Waals surface area contributed by atoms with Gasteiger partial charge in [0.2, 0.25) is 5.91 Å². The molecule has 7 nitrogen and oxygen atoms in total. The van der Waals surface area contributed by atoms with Crippen LogP contribution in [-0.4, -0.2) is 27.9 Å². The number of carboxylic acids is 1. The summed E-state index contributed by atoms with van der Waals surface area (Å²) in [6, 6.07) is 26.5. The number of carboxylic acid groups (broad SMARTS) is 1. The van der Waals surface area contributed by atoms with Crippen molar-refractivity contribution in [2.24, 2.45) is 0 Å². The molecule has 39 heavy (non-hydrogen) atoms. The smallest absolute Gasteiger partial charge is 0.336 e. The quantitative estimate of drug-likeness (QED) is 0.160. The van der Waals surface area contributed by atoms with Gasteiger partial charge in [0.1, 0.15) is 5.25 Å². The molecule has 0 aliphatic rings. The first kappa shape index (κ1) is 26.4. The third-order valence-corrected chi connectivity index (χ3v) is 8.49. The number of nitrogens with zero attached hydrogens (tertiary/aromatic N) is 1. The summed E-state index contributed by atoms with van der Waals surface area (Å²) in [5.41, 5.74) is 2.11. The molecule has 0 radical (unpaired) electrons. The summed E-state index contributed by atoms with van der Waals surface area (Å²) >= 11 is 4.30. The van der Waals surface area contributed by atoms with Gasteiger partial charge in [0.15, 0.2) is 5.13 Å². The number of aromatic carboxylic acids is 1. The van der Waals surface area contributed by atoms with Gasteiger partial charge in [-0.15, -0.1) is 34.4 Å². The number of nitrogens with one attached hydrogen (secondary N) is 2. The Morgan fingerprint density at radius 1 is 0.821 bits per heavy atom. The number of rotatable bonds is 9. The van der Waals surface area contributed by atoms with Crippen molar-refractivity contribution in [3.8, 4) is 10.6 Å². The Morgan fingerprint density at radius 2 is 1.59 bits per heavy atom. The Bertz CT molecular complexity index is 1620. The van der Waals surface area contributed by atoms with Crippen molar-refractivity contribution in [2.75, 3.05) is 10.6 Å². The highest BCUT2D eigenvalue weighted by atomic mass is 32.2. The van der Waals surface area contributed by atoms with E-state index < -0.39 is 17.1 Å². The number of amides is 2. The van der Waals surface area contributed by atoms with Crippen LogP contribution < -0.4 is 10.6 Å². The Morgan fingerprint density at radius 3 is 2.33 bits per heavy atom. The summed E-state index contributed by atoms with van der Waals surface area (Å²) < 4.78 is 0. The maximum absolute atomic E-state index is 13.5. The molecule has 0 aliphatic heterocycles. The molecule has 194 valence electrons. The molecule has 0 bridgehead atoms. The van der Waals surface area contributed by atoms with Crippen molar-refractivity contribution >= 4 is 63.0 Å². The summed E-state index contributed by atoms with van der Waals surface area (Å²) in [6.07, 6.45) is 0. The molecule has 0 spiro atoms. The second-order valence-corrected chi connectivity index (χ2v) is 11.2. The first-order valence-corrected chi connectivity index (χ1v) is 14.4. The lowest BCUT2D eigenvalue weighted by Gasteiger charge is -2.17. The fourth-order valence-corrected chi connectivity index (χ4v) is 6.35. The predicted molar refractivity (Wildman–Crippen MR) is 157 cm³/mol. The summed E-state index contributed by atoms with van der Waals surface area (Å²) in [6.45, 7) is 0. The van der Waals surface area contributed by atoms with E-state index in [0.29, 0.717) is 10.8 Å². The molecule has 5 rings (SSSR count). The van der Waals surface area contributed by atoms with Crippen LogP contribution in [0.1, 0.15) is 31.5 Å². The minimum atomic E-state index is -1.18. The Balaban J connectivity index is 1.35. The highest BCUT2D eigenvalue weighted by Gasteiger charge is 2.24. The molecule has 0 saturated carbocycles. The highest BCUT2D eigenvalue weighted by Crippen LogP contribution is 2.38. The fraction of sp³-hybridized carbons (Fsp3) is 0.0345. The topological polar surface area (TPSA) is 108 Å². The van der Waals surface area contributed by atoms with Crippen LogP contribution in [0.25, 0.3) is 10.6 Å². The number of aromatic nitrogens is 1. The standard InChI is InChI=1S/C29H21N3O4S3/c33-26(21-12-4-5-13-22(21)28(35)36)30-19-10-6-11-20(16-19)39-25(18-8-2-1-3-9-18)27(34)32-29-31-23(17-38-29)24-14-7-15-37-24/h1-17,25H,(H,30,33)(H,35,36)(H,31,32,34). The monoisotopic (exact) mass is 571 g/mol. The summed E-state index contributed by atoms with van der Waals surface area (Å²) in [7, 11) is 0. The average Bonchev–Trinajstić information content (AvgIpc) is 3.65. The van der Waals surface area contributed by atoms with E-state index in [4.69, 9.17) is 0 Å². The first-order chi connectivity index (χ1) is 19.0. The van der Waals surface area contributed by atoms with Crippen molar-refractivity contribution in [1.82, 2.24) is 4.98 Å². The van der Waals surface area contributed by atoms with Gasteiger partial charge in [-0.2, -0.15) is 0 Å². The summed E-state index contributed by atoms with van der Waals surface area (Å²) in [5.74, 6) is -1.93. The van der Waals surface area contributed by atoms with Gasteiger partial charge in [0.05, 0.1) is 21.7 Å². The van der Waals surface area contributed by atoms with Crippen LogP contribution in [-0.2, 0) is 4.79 Å². The predicted octanol–water partition coefficient (Wildman–Crippen LogP) is 7.29. The molecule has 1 atom stereocenters. The molecule has 2 amide bonds. The van der Waals surface area contributed by atoms with Crippen molar-refractivity contribution in [1.29, 1.82) is 0 Å². The van der Waals surface area contributed by atoms with Gasteiger partial charge in [-0.3, -0.25) is 9.59 Å². The van der Waals surface area contributed by atoms with Gasteiger partial charge in [-0.25, -0.2) is 9.78 Å². The lowest BCUT2D eigenvalue weighted by Crippen LogP contribution is -2.19. The lowest BCUT2D eigenvalue weighted by atomic mass is 10.1. The zero-order chi connectivity index (χ0) is 27.2. The number of hydrogen-bond donors (Lipinski definition) is 3. The van der Waals surface area contributed by atoms with E-state index >= 15 is 0 Å². The molecule has 5 aromatic rings. The summed E-state index contributed by atoms with van der Waals surface area (Å²) in [5, 5.41) is 19.0. The third-order valence-electron chi connectivity index (χ3n) is 5.60. The Kier molecular flexibility index (Phi) is 8.16. The van der Waals surface area contributed by atoms with Gasteiger partial charge >= 0.3 is 5.97 Å². The number of thioether (sulfide) groups is 1. The fourth-order valence-electron chi connectivity index (χ4n) is 3.79. The molecule has 0 aliphatic carbocycles. The van der Waals surface area contributed by atoms with Gasteiger partial charge < -0.3 is 15.7 Å². The van der Waals surface area contributed by atoms with Crippen LogP contribution in [0.2, 0.25) is 0 Å². The van der Waals surface area contributed by atoms with E-state index in [1.165, 1.54) is 35.2 Å². The van der Waals surface area contributed by atoms with E-state index in [1.807, 2.05) is 59.3 Å². The van der Waals surface area contributed by atoms with Crippen LogP contribution in [0, 0.1) is 0 Å². The zero-order valence-corrected chi connectivity index (χ0v) is 22.7. The number of anilines is 2. The van der Waals surface area contributed by atoms with E-state index in [9.17, 15) is 19.5 Å². The molecule has 10 heteroatoms. The normalized spacial score (nSPS) is 11.5. The molecular weight excluding hydrogens is 551 g/mol. The second-order valence-electron chi connectivity index (χ2n) is 8.25. The van der Waals surface area contributed by atoms with Gasteiger partial charge in [0.25, 0.3) is 5.91 Å². The molecule has 2 heterocycles. The number of benzene rings is 3. The van der Waals surface area contributed by atoms with E-state index in [2.05, 4.69) is 15.6 Å².